The summed E-state index contributed by atoms with van der Waals surface area (Å²) in [6.45, 7) is 0.769. The number of carboxylic acid groups (broad SMARTS) is 1. The topological polar surface area (TPSA) is 83.7 Å². The zero-order chi connectivity index (χ0) is 15.0. The predicted molar refractivity (Wildman–Crippen MR) is 77.8 cm³/mol. The number of aromatic carboxylic acids is 1. The molecular weight excluding hydrogens is 272 g/mol. The predicted octanol–water partition coefficient (Wildman–Crippen LogP) is 3.06. The van der Waals surface area contributed by atoms with Crippen LogP contribution < -0.4 is 4.90 Å². The number of piperidine rings is 1. The van der Waals surface area contributed by atoms with Crippen molar-refractivity contribution in [1.82, 2.24) is 0 Å². The summed E-state index contributed by atoms with van der Waals surface area (Å²) in [5, 5.41) is 20.4. The summed E-state index contributed by atoms with van der Waals surface area (Å²) in [5.41, 5.74) is 0.583. The minimum absolute atomic E-state index is 0.00699. The molecule has 1 saturated carbocycles. The Morgan fingerprint density at radius 3 is 2.76 bits per heavy atom. The van der Waals surface area contributed by atoms with E-state index in [1.807, 2.05) is 0 Å². The third-order valence-electron chi connectivity index (χ3n) is 4.72. The number of anilines is 1. The van der Waals surface area contributed by atoms with Crippen molar-refractivity contribution >= 4 is 17.3 Å². The molecule has 1 heterocycles. The summed E-state index contributed by atoms with van der Waals surface area (Å²) in [5.74, 6) is -0.460. The van der Waals surface area contributed by atoms with Gasteiger partial charge in [-0.2, -0.15) is 0 Å². The second-order valence-corrected chi connectivity index (χ2v) is 5.86. The molecular formula is C15H18N2O4. The van der Waals surface area contributed by atoms with Crippen LogP contribution in [0.25, 0.3) is 0 Å². The zero-order valence-corrected chi connectivity index (χ0v) is 11.7. The Morgan fingerprint density at radius 1 is 1.29 bits per heavy atom. The summed E-state index contributed by atoms with van der Waals surface area (Å²) >= 11 is 0. The second kappa shape index (κ2) is 5.35. The third-order valence-corrected chi connectivity index (χ3v) is 4.72. The van der Waals surface area contributed by atoms with Crippen molar-refractivity contribution in [3.8, 4) is 0 Å². The lowest BCUT2D eigenvalue weighted by Gasteiger charge is -2.39. The van der Waals surface area contributed by atoms with E-state index in [-0.39, 0.29) is 11.3 Å². The van der Waals surface area contributed by atoms with Gasteiger partial charge in [0.15, 0.2) is 0 Å². The van der Waals surface area contributed by atoms with Gasteiger partial charge in [0.25, 0.3) is 5.69 Å². The molecule has 0 aromatic heterocycles. The third kappa shape index (κ3) is 2.46. The Bertz CT molecular complexity index is 587. The number of carboxylic acids is 1. The minimum atomic E-state index is -1.05. The smallest absolute Gasteiger partial charge is 0.335 e. The molecule has 1 aromatic carbocycles. The molecule has 0 bridgehead atoms. The number of rotatable bonds is 3. The first-order valence-corrected chi connectivity index (χ1v) is 7.36. The average Bonchev–Trinajstić information content (AvgIpc) is 2.94. The Hall–Kier alpha value is -2.11. The van der Waals surface area contributed by atoms with Crippen molar-refractivity contribution in [2.45, 2.75) is 38.1 Å². The molecule has 0 amide bonds. The number of benzene rings is 1. The maximum absolute atomic E-state index is 11.3. The molecule has 2 fully saturated rings. The SMILES string of the molecule is O=C(O)c1ccc([N+](=O)[O-])c(N2CCCC3CCCC32)c1. The van der Waals surface area contributed by atoms with Gasteiger partial charge in [0.05, 0.1) is 10.5 Å². The van der Waals surface area contributed by atoms with Crippen LogP contribution in [0, 0.1) is 16.0 Å². The molecule has 2 aliphatic rings. The van der Waals surface area contributed by atoms with E-state index < -0.39 is 10.9 Å². The molecule has 3 rings (SSSR count). The fourth-order valence-electron chi connectivity index (χ4n) is 3.79. The quantitative estimate of drug-likeness (QED) is 0.683. The van der Waals surface area contributed by atoms with Crippen molar-refractivity contribution < 1.29 is 14.8 Å². The Morgan fingerprint density at radius 2 is 2.05 bits per heavy atom. The first kappa shape index (κ1) is 13.9. The molecule has 6 heteroatoms. The minimum Gasteiger partial charge on any atom is -0.478 e. The monoisotopic (exact) mass is 290 g/mol. The van der Waals surface area contributed by atoms with E-state index in [1.165, 1.54) is 31.0 Å². The Labute approximate surface area is 122 Å². The van der Waals surface area contributed by atoms with E-state index in [9.17, 15) is 14.9 Å². The van der Waals surface area contributed by atoms with Crippen LogP contribution >= 0.6 is 0 Å². The summed E-state index contributed by atoms with van der Waals surface area (Å²) in [6.07, 6.45) is 5.55. The molecule has 2 atom stereocenters. The van der Waals surface area contributed by atoms with Crippen molar-refractivity contribution in [2.24, 2.45) is 5.92 Å². The van der Waals surface area contributed by atoms with Gasteiger partial charge in [-0.3, -0.25) is 10.1 Å². The summed E-state index contributed by atoms with van der Waals surface area (Å²) in [4.78, 5) is 24.1. The second-order valence-electron chi connectivity index (χ2n) is 5.86. The highest BCUT2D eigenvalue weighted by Gasteiger charge is 2.37. The Kier molecular flexibility index (Phi) is 3.53. The van der Waals surface area contributed by atoms with Crippen LogP contribution in [-0.2, 0) is 0 Å². The average molecular weight is 290 g/mol. The van der Waals surface area contributed by atoms with Crippen LogP contribution in [-0.4, -0.2) is 28.6 Å². The van der Waals surface area contributed by atoms with Crippen molar-refractivity contribution in [2.75, 3.05) is 11.4 Å². The van der Waals surface area contributed by atoms with Crippen molar-refractivity contribution in [3.05, 3.63) is 33.9 Å². The van der Waals surface area contributed by atoms with Gasteiger partial charge in [-0.05, 0) is 43.7 Å². The fourth-order valence-corrected chi connectivity index (χ4v) is 3.79. The van der Waals surface area contributed by atoms with Gasteiger partial charge in [0.1, 0.15) is 5.69 Å². The van der Waals surface area contributed by atoms with E-state index >= 15 is 0 Å². The highest BCUT2D eigenvalue weighted by molar-refractivity contribution is 5.90. The first-order valence-electron chi connectivity index (χ1n) is 7.36. The molecule has 1 saturated heterocycles. The molecule has 2 unspecified atom stereocenters. The first-order chi connectivity index (χ1) is 10.1. The summed E-state index contributed by atoms with van der Waals surface area (Å²) < 4.78 is 0. The van der Waals surface area contributed by atoms with Gasteiger partial charge in [-0.15, -0.1) is 0 Å². The lowest BCUT2D eigenvalue weighted by Crippen LogP contribution is -2.43. The number of nitro benzene ring substituents is 1. The van der Waals surface area contributed by atoms with Gasteiger partial charge in [-0.25, -0.2) is 4.79 Å². The molecule has 1 aliphatic heterocycles. The van der Waals surface area contributed by atoms with Crippen LogP contribution in [0.1, 0.15) is 42.5 Å². The molecule has 21 heavy (non-hydrogen) atoms. The van der Waals surface area contributed by atoms with Gasteiger partial charge < -0.3 is 10.0 Å². The summed E-state index contributed by atoms with van der Waals surface area (Å²) in [6, 6.07) is 4.40. The van der Waals surface area contributed by atoms with E-state index in [1.54, 1.807) is 0 Å². The van der Waals surface area contributed by atoms with Crippen LogP contribution in [0.4, 0.5) is 11.4 Å². The van der Waals surface area contributed by atoms with Crippen LogP contribution in [0.3, 0.4) is 0 Å². The standard InChI is InChI=1S/C15H18N2O4/c18-15(19)11-6-7-13(17(20)21)14(9-11)16-8-2-4-10-3-1-5-12(10)16/h6-7,9-10,12H,1-5,8H2,(H,18,19). The molecule has 0 radical (unpaired) electrons. The number of carbonyl (C=O) groups is 1. The number of hydrogen-bond donors (Lipinski definition) is 1. The lowest BCUT2D eigenvalue weighted by molar-refractivity contribution is -0.384. The van der Waals surface area contributed by atoms with Crippen LogP contribution in [0.15, 0.2) is 18.2 Å². The molecule has 6 nitrogen and oxygen atoms in total. The highest BCUT2D eigenvalue weighted by atomic mass is 16.6. The molecule has 112 valence electrons. The molecule has 1 aliphatic carbocycles. The highest BCUT2D eigenvalue weighted by Crippen LogP contribution is 2.42. The summed E-state index contributed by atoms with van der Waals surface area (Å²) in [7, 11) is 0. The van der Waals surface area contributed by atoms with Crippen LogP contribution in [0.2, 0.25) is 0 Å². The van der Waals surface area contributed by atoms with Gasteiger partial charge in [0.2, 0.25) is 0 Å². The molecule has 0 spiro atoms. The largest absolute Gasteiger partial charge is 0.478 e. The van der Waals surface area contributed by atoms with Crippen LogP contribution in [0.5, 0.6) is 0 Å². The number of nitrogens with zero attached hydrogens (tertiary/aromatic N) is 2. The van der Waals surface area contributed by atoms with Gasteiger partial charge in [-0.1, -0.05) is 6.42 Å². The molecule has 1 N–H and O–H groups in total. The van der Waals surface area contributed by atoms with Crippen molar-refractivity contribution in [3.63, 3.8) is 0 Å². The molecule has 1 aromatic rings. The van der Waals surface area contributed by atoms with Gasteiger partial charge >= 0.3 is 5.97 Å². The lowest BCUT2D eigenvalue weighted by atomic mass is 9.91. The number of hydrogen-bond acceptors (Lipinski definition) is 4. The van der Waals surface area contributed by atoms with Gasteiger partial charge in [0, 0.05) is 18.7 Å². The number of fused-ring (bicyclic) bond motifs is 1. The van der Waals surface area contributed by atoms with E-state index in [2.05, 4.69) is 4.90 Å². The Balaban J connectivity index is 2.04. The zero-order valence-electron chi connectivity index (χ0n) is 11.7. The maximum Gasteiger partial charge on any atom is 0.335 e. The number of nitro groups is 1. The van der Waals surface area contributed by atoms with Crippen molar-refractivity contribution in [1.29, 1.82) is 0 Å². The van der Waals surface area contributed by atoms with E-state index in [0.717, 1.165) is 25.8 Å². The van der Waals surface area contributed by atoms with E-state index in [4.69, 9.17) is 5.11 Å². The van der Waals surface area contributed by atoms with E-state index in [0.29, 0.717) is 17.6 Å². The maximum atomic E-state index is 11.3. The fraction of sp³-hybridized carbons (Fsp3) is 0.533. The normalized spacial score (nSPS) is 24.7.